The van der Waals surface area contributed by atoms with Crippen LogP contribution < -0.4 is 0 Å². The molecule has 0 aliphatic rings. The lowest BCUT2D eigenvalue weighted by molar-refractivity contribution is -0.324. The van der Waals surface area contributed by atoms with Crippen LogP contribution in [0.2, 0.25) is 0 Å². The van der Waals surface area contributed by atoms with Crippen molar-refractivity contribution in [3.63, 3.8) is 0 Å². The second-order valence-corrected chi connectivity index (χ2v) is 3.46. The SMILES string of the molecule is CC(CC(F)(F)F)(C(F)(F)F)C(F)(F)CF. The molecule has 0 aromatic rings. The van der Waals surface area contributed by atoms with Gasteiger partial charge in [0.05, 0.1) is 6.42 Å². The van der Waals surface area contributed by atoms with Crippen LogP contribution in [-0.2, 0) is 0 Å². The number of rotatable bonds is 3. The lowest BCUT2D eigenvalue weighted by Gasteiger charge is -2.37. The van der Waals surface area contributed by atoms with Crippen LogP contribution in [0.5, 0.6) is 0 Å². The van der Waals surface area contributed by atoms with Crippen molar-refractivity contribution in [1.29, 1.82) is 0 Å². The van der Waals surface area contributed by atoms with E-state index in [2.05, 4.69) is 0 Å². The monoisotopic (exact) mass is 262 g/mol. The van der Waals surface area contributed by atoms with E-state index in [-0.39, 0.29) is 6.92 Å². The van der Waals surface area contributed by atoms with Gasteiger partial charge >= 0.3 is 12.4 Å². The Morgan fingerprint density at radius 2 is 1.19 bits per heavy atom. The Morgan fingerprint density at radius 3 is 1.38 bits per heavy atom. The van der Waals surface area contributed by atoms with Gasteiger partial charge in [0.1, 0.15) is 5.41 Å². The van der Waals surface area contributed by atoms with Crippen molar-refractivity contribution in [2.75, 3.05) is 6.67 Å². The molecule has 0 spiro atoms. The van der Waals surface area contributed by atoms with E-state index in [9.17, 15) is 39.5 Å². The molecule has 0 rings (SSSR count). The molecule has 1 atom stereocenters. The molecule has 9 heteroatoms. The van der Waals surface area contributed by atoms with Gasteiger partial charge in [-0.3, -0.25) is 0 Å². The van der Waals surface area contributed by atoms with Gasteiger partial charge < -0.3 is 0 Å². The zero-order valence-corrected chi connectivity index (χ0v) is 7.82. The summed E-state index contributed by atoms with van der Waals surface area (Å²) in [4.78, 5) is 0. The summed E-state index contributed by atoms with van der Waals surface area (Å²) in [5, 5.41) is 0. The molecular weight excluding hydrogens is 255 g/mol. The third-order valence-electron chi connectivity index (χ3n) is 2.15. The van der Waals surface area contributed by atoms with Gasteiger partial charge in [0.25, 0.3) is 5.92 Å². The molecule has 0 heterocycles. The fourth-order valence-corrected chi connectivity index (χ4v) is 0.985. The Kier molecular flexibility index (Phi) is 3.83. The highest BCUT2D eigenvalue weighted by atomic mass is 19.4. The Labute approximate surface area is 84.4 Å². The van der Waals surface area contributed by atoms with E-state index in [1.807, 2.05) is 0 Å². The van der Waals surface area contributed by atoms with Crippen LogP contribution in [0.3, 0.4) is 0 Å². The first-order chi connectivity index (χ1) is 6.77. The minimum absolute atomic E-state index is 0.347. The number of hydrogen-bond donors (Lipinski definition) is 0. The Bertz CT molecular complexity index is 237. The van der Waals surface area contributed by atoms with Crippen molar-refractivity contribution in [2.24, 2.45) is 5.41 Å². The quantitative estimate of drug-likeness (QED) is 0.671. The second-order valence-electron chi connectivity index (χ2n) is 3.46. The maximum absolute atomic E-state index is 12.6. The van der Waals surface area contributed by atoms with Crippen LogP contribution in [0.4, 0.5) is 39.5 Å². The average Bonchev–Trinajstić information content (AvgIpc) is 1.98. The fourth-order valence-electron chi connectivity index (χ4n) is 0.985. The molecule has 98 valence electrons. The average molecular weight is 262 g/mol. The summed E-state index contributed by atoms with van der Waals surface area (Å²) in [7, 11) is 0. The van der Waals surface area contributed by atoms with Crippen molar-refractivity contribution in [3.05, 3.63) is 0 Å². The van der Waals surface area contributed by atoms with Crippen LogP contribution in [0.15, 0.2) is 0 Å². The summed E-state index contributed by atoms with van der Waals surface area (Å²) < 4.78 is 109. The van der Waals surface area contributed by atoms with Gasteiger partial charge in [0.2, 0.25) is 0 Å². The lowest BCUT2D eigenvalue weighted by atomic mass is 9.79. The topological polar surface area (TPSA) is 0 Å². The van der Waals surface area contributed by atoms with Gasteiger partial charge in [0, 0.05) is 0 Å². The van der Waals surface area contributed by atoms with E-state index in [4.69, 9.17) is 0 Å². The van der Waals surface area contributed by atoms with E-state index in [0.717, 1.165) is 0 Å². The molecular formula is C7H7F9. The third-order valence-corrected chi connectivity index (χ3v) is 2.15. The highest BCUT2D eigenvalue weighted by Gasteiger charge is 2.69. The van der Waals surface area contributed by atoms with Gasteiger partial charge in [-0.25, -0.2) is 13.2 Å². The van der Waals surface area contributed by atoms with E-state index in [1.54, 1.807) is 0 Å². The standard InChI is InChI=1S/C7H7F9/c1-4(7(14,15)16,2-6(11,12)13)5(9,10)3-8/h2-3H2,1H3. The maximum atomic E-state index is 12.6. The molecule has 0 N–H and O–H groups in total. The van der Waals surface area contributed by atoms with E-state index in [0.29, 0.717) is 0 Å². The van der Waals surface area contributed by atoms with Crippen molar-refractivity contribution in [1.82, 2.24) is 0 Å². The molecule has 16 heavy (non-hydrogen) atoms. The van der Waals surface area contributed by atoms with E-state index < -0.39 is 36.8 Å². The summed E-state index contributed by atoms with van der Waals surface area (Å²) in [6.45, 7) is -3.15. The Hall–Kier alpha value is -0.630. The molecule has 0 aromatic carbocycles. The molecule has 0 amide bonds. The number of halogens is 9. The maximum Gasteiger partial charge on any atom is 0.400 e. The fraction of sp³-hybridized carbons (Fsp3) is 1.00. The number of hydrogen-bond acceptors (Lipinski definition) is 0. The minimum atomic E-state index is -5.86. The summed E-state index contributed by atoms with van der Waals surface area (Å²) >= 11 is 0. The highest BCUT2D eigenvalue weighted by molar-refractivity contribution is 4.96. The molecule has 0 aliphatic carbocycles. The molecule has 0 saturated heterocycles. The van der Waals surface area contributed by atoms with E-state index >= 15 is 0 Å². The lowest BCUT2D eigenvalue weighted by Crippen LogP contribution is -2.53. The molecule has 1 unspecified atom stereocenters. The van der Waals surface area contributed by atoms with Crippen LogP contribution in [0.25, 0.3) is 0 Å². The summed E-state index contributed by atoms with van der Waals surface area (Å²) in [6.07, 6.45) is -14.2. The van der Waals surface area contributed by atoms with Gasteiger partial charge in [-0.15, -0.1) is 0 Å². The molecule has 0 radical (unpaired) electrons. The summed E-state index contributed by atoms with van der Waals surface area (Å²) in [5.74, 6) is -5.12. The Morgan fingerprint density at radius 1 is 0.812 bits per heavy atom. The first-order valence-electron chi connectivity index (χ1n) is 3.84. The van der Waals surface area contributed by atoms with Crippen LogP contribution in [0.1, 0.15) is 13.3 Å². The second kappa shape index (κ2) is 3.99. The first kappa shape index (κ1) is 15.4. The summed E-state index contributed by atoms with van der Waals surface area (Å²) in [6, 6.07) is 0. The van der Waals surface area contributed by atoms with Crippen LogP contribution in [0, 0.1) is 5.41 Å². The summed E-state index contributed by atoms with van der Waals surface area (Å²) in [5.41, 5.74) is -4.47. The molecule has 0 bridgehead atoms. The zero-order valence-electron chi connectivity index (χ0n) is 7.82. The molecule has 0 fully saturated rings. The van der Waals surface area contributed by atoms with Gasteiger partial charge in [-0.05, 0) is 6.92 Å². The van der Waals surface area contributed by atoms with E-state index in [1.165, 1.54) is 0 Å². The van der Waals surface area contributed by atoms with Gasteiger partial charge in [-0.2, -0.15) is 26.3 Å². The van der Waals surface area contributed by atoms with Crippen molar-refractivity contribution in [2.45, 2.75) is 31.6 Å². The van der Waals surface area contributed by atoms with Gasteiger partial charge in [-0.1, -0.05) is 0 Å². The smallest absolute Gasteiger partial charge is 0.244 e. The highest BCUT2D eigenvalue weighted by Crippen LogP contribution is 2.54. The van der Waals surface area contributed by atoms with Gasteiger partial charge in [0.15, 0.2) is 6.67 Å². The minimum Gasteiger partial charge on any atom is -0.244 e. The molecule has 0 saturated carbocycles. The van der Waals surface area contributed by atoms with Crippen LogP contribution in [-0.4, -0.2) is 24.9 Å². The van der Waals surface area contributed by atoms with Crippen LogP contribution >= 0.6 is 0 Å². The Balaban J connectivity index is 5.39. The largest absolute Gasteiger partial charge is 0.400 e. The third kappa shape index (κ3) is 2.94. The predicted octanol–water partition coefficient (Wildman–Crippen LogP) is 4.11. The number of alkyl halides is 9. The predicted molar refractivity (Wildman–Crippen MR) is 35.8 cm³/mol. The first-order valence-corrected chi connectivity index (χ1v) is 3.84. The zero-order chi connectivity index (χ0) is 13.4. The molecule has 0 aliphatic heterocycles. The normalized spacial score (nSPS) is 18.4. The molecule has 0 aromatic heterocycles. The van der Waals surface area contributed by atoms with Crippen molar-refractivity contribution < 1.29 is 39.5 Å². The van der Waals surface area contributed by atoms with Crippen molar-refractivity contribution >= 4 is 0 Å². The van der Waals surface area contributed by atoms with Crippen molar-refractivity contribution in [3.8, 4) is 0 Å². The molecule has 0 nitrogen and oxygen atoms in total.